The van der Waals surface area contributed by atoms with Crippen LogP contribution in [0.25, 0.3) is 5.78 Å². The first-order valence-electron chi connectivity index (χ1n) is 7.48. The fourth-order valence-electron chi connectivity index (χ4n) is 2.36. The molecule has 10 nitrogen and oxygen atoms in total. The second kappa shape index (κ2) is 6.67. The maximum atomic E-state index is 12.0. The summed E-state index contributed by atoms with van der Waals surface area (Å²) in [5.74, 6) is 0.258. The quantitative estimate of drug-likeness (QED) is 0.673. The Kier molecular flexibility index (Phi) is 4.42. The number of nitrogens with one attached hydrogen (secondary N) is 1. The van der Waals surface area contributed by atoms with Crippen molar-refractivity contribution in [3.63, 3.8) is 0 Å². The summed E-state index contributed by atoms with van der Waals surface area (Å²) in [6, 6.07) is 1.56. The average Bonchev–Trinajstić information content (AvgIpc) is 3.18. The molecule has 10 heteroatoms. The summed E-state index contributed by atoms with van der Waals surface area (Å²) in [5.41, 5.74) is 2.10. The number of aryl methyl sites for hydroxylation is 3. The molecule has 3 rings (SSSR count). The number of hydrogen-bond donors (Lipinski definition) is 1. The third-order valence-electron chi connectivity index (χ3n) is 3.57. The minimum Gasteiger partial charge on any atom is -0.455 e. The molecule has 0 aliphatic carbocycles. The van der Waals surface area contributed by atoms with Crippen LogP contribution in [0.5, 0.6) is 0 Å². The number of esters is 1. The van der Waals surface area contributed by atoms with Gasteiger partial charge in [-0.05, 0) is 20.8 Å². The lowest BCUT2D eigenvalue weighted by Crippen LogP contribution is -2.22. The maximum Gasteiger partial charge on any atom is 0.310 e. The third kappa shape index (κ3) is 3.62. The number of ether oxygens (including phenoxy) is 1. The van der Waals surface area contributed by atoms with Gasteiger partial charge in [-0.3, -0.25) is 9.59 Å². The Morgan fingerprint density at radius 3 is 2.84 bits per heavy atom. The predicted molar refractivity (Wildman–Crippen MR) is 84.8 cm³/mol. The zero-order valence-corrected chi connectivity index (χ0v) is 13.9. The highest BCUT2D eigenvalue weighted by Gasteiger charge is 2.16. The first kappa shape index (κ1) is 16.6. The van der Waals surface area contributed by atoms with E-state index in [4.69, 9.17) is 9.26 Å². The molecule has 0 unspecified atom stereocenters. The van der Waals surface area contributed by atoms with Crippen molar-refractivity contribution in [3.8, 4) is 0 Å². The van der Waals surface area contributed by atoms with Gasteiger partial charge in [0.25, 0.3) is 11.7 Å². The summed E-state index contributed by atoms with van der Waals surface area (Å²) in [7, 11) is 0. The Morgan fingerprint density at radius 2 is 2.12 bits per heavy atom. The van der Waals surface area contributed by atoms with Gasteiger partial charge in [0.05, 0.1) is 6.42 Å². The van der Waals surface area contributed by atoms with Gasteiger partial charge >= 0.3 is 5.97 Å². The molecule has 0 fully saturated rings. The van der Waals surface area contributed by atoms with E-state index in [2.05, 4.69) is 25.5 Å². The molecule has 3 aromatic heterocycles. The molecule has 0 saturated heterocycles. The lowest BCUT2D eigenvalue weighted by Gasteiger charge is -2.10. The molecular weight excluding hydrogens is 328 g/mol. The smallest absolute Gasteiger partial charge is 0.310 e. The van der Waals surface area contributed by atoms with Gasteiger partial charge in [0.15, 0.2) is 12.4 Å². The number of carbonyl (C=O) groups excluding carboxylic acids is 2. The number of nitrogens with zero attached hydrogens (tertiary/aromatic N) is 5. The van der Waals surface area contributed by atoms with Crippen molar-refractivity contribution in [1.82, 2.24) is 24.7 Å². The van der Waals surface area contributed by atoms with Crippen LogP contribution < -0.4 is 5.32 Å². The number of aromatic nitrogens is 5. The summed E-state index contributed by atoms with van der Waals surface area (Å²) in [6.45, 7) is 4.89. The number of carbonyl (C=O) groups is 2. The second-order valence-electron chi connectivity index (χ2n) is 5.44. The minimum absolute atomic E-state index is 0.0170. The van der Waals surface area contributed by atoms with Crippen LogP contribution in [-0.4, -0.2) is 43.2 Å². The Hall–Kier alpha value is -3.30. The van der Waals surface area contributed by atoms with Crippen LogP contribution >= 0.6 is 0 Å². The van der Waals surface area contributed by atoms with Crippen LogP contribution in [0.1, 0.15) is 22.7 Å². The van der Waals surface area contributed by atoms with E-state index in [-0.39, 0.29) is 12.2 Å². The Morgan fingerprint density at radius 1 is 1.32 bits per heavy atom. The highest BCUT2D eigenvalue weighted by atomic mass is 16.5. The molecule has 0 aliphatic heterocycles. The summed E-state index contributed by atoms with van der Waals surface area (Å²) >= 11 is 0. The topological polar surface area (TPSA) is 125 Å². The number of rotatable bonds is 5. The number of hydrogen-bond acceptors (Lipinski definition) is 8. The summed E-state index contributed by atoms with van der Waals surface area (Å²) < 4.78 is 11.4. The summed E-state index contributed by atoms with van der Waals surface area (Å²) in [5, 5.41) is 10.2. The van der Waals surface area contributed by atoms with Crippen molar-refractivity contribution in [1.29, 1.82) is 0 Å². The van der Waals surface area contributed by atoms with E-state index in [1.54, 1.807) is 24.4 Å². The van der Waals surface area contributed by atoms with Crippen LogP contribution in [-0.2, 0) is 20.7 Å². The molecule has 0 aliphatic rings. The van der Waals surface area contributed by atoms with E-state index in [1.807, 2.05) is 6.92 Å². The second-order valence-corrected chi connectivity index (χ2v) is 5.44. The van der Waals surface area contributed by atoms with Crippen molar-refractivity contribution in [2.24, 2.45) is 0 Å². The summed E-state index contributed by atoms with van der Waals surface area (Å²) in [6.07, 6.45) is 1.38. The highest BCUT2D eigenvalue weighted by Crippen LogP contribution is 2.14. The van der Waals surface area contributed by atoms with Crippen molar-refractivity contribution in [2.75, 3.05) is 11.9 Å². The van der Waals surface area contributed by atoms with Gasteiger partial charge in [-0.1, -0.05) is 5.16 Å². The standard InChI is InChI=1S/C15H16N6O4/c1-8-4-12(20-25-8)19-13(22)6-24-14(23)5-11-9(2)18-15-16-7-17-21(15)10(11)3/h4,7H,5-6H2,1-3H3,(H,19,20,22). The highest BCUT2D eigenvalue weighted by molar-refractivity contribution is 5.92. The van der Waals surface area contributed by atoms with Crippen molar-refractivity contribution >= 4 is 23.5 Å². The minimum atomic E-state index is -0.543. The molecule has 0 bridgehead atoms. The van der Waals surface area contributed by atoms with Gasteiger partial charge in [0, 0.05) is 23.0 Å². The molecule has 0 spiro atoms. The van der Waals surface area contributed by atoms with E-state index < -0.39 is 18.5 Å². The lowest BCUT2D eigenvalue weighted by atomic mass is 10.1. The largest absolute Gasteiger partial charge is 0.455 e. The first-order valence-corrected chi connectivity index (χ1v) is 7.48. The molecule has 25 heavy (non-hydrogen) atoms. The van der Waals surface area contributed by atoms with Crippen LogP contribution in [0.15, 0.2) is 16.9 Å². The SMILES string of the molecule is Cc1cc(NC(=O)COC(=O)Cc2c(C)nc3ncnn3c2C)no1. The predicted octanol–water partition coefficient (Wildman–Crippen LogP) is 0.762. The number of anilines is 1. The van der Waals surface area contributed by atoms with Gasteiger partial charge < -0.3 is 14.6 Å². The maximum absolute atomic E-state index is 12.0. The Labute approximate surface area is 142 Å². The number of amides is 1. The molecule has 1 N–H and O–H groups in total. The molecule has 3 aromatic rings. The molecule has 0 atom stereocenters. The summed E-state index contributed by atoms with van der Waals surface area (Å²) in [4.78, 5) is 32.1. The molecular formula is C15H16N6O4. The average molecular weight is 344 g/mol. The van der Waals surface area contributed by atoms with Gasteiger partial charge in [-0.25, -0.2) is 9.50 Å². The molecule has 3 heterocycles. The molecule has 0 radical (unpaired) electrons. The van der Waals surface area contributed by atoms with Crippen LogP contribution in [0, 0.1) is 20.8 Å². The van der Waals surface area contributed by atoms with Crippen molar-refractivity contribution in [3.05, 3.63) is 35.1 Å². The molecule has 1 amide bonds. The van der Waals surface area contributed by atoms with Gasteiger partial charge in [-0.15, -0.1) is 0 Å². The van der Waals surface area contributed by atoms with Crippen molar-refractivity contribution < 1.29 is 18.8 Å². The van der Waals surface area contributed by atoms with E-state index in [1.165, 1.54) is 6.33 Å². The third-order valence-corrected chi connectivity index (χ3v) is 3.57. The first-order chi connectivity index (χ1) is 11.9. The van der Waals surface area contributed by atoms with E-state index in [0.29, 0.717) is 22.8 Å². The molecule has 0 saturated carbocycles. The fourth-order valence-corrected chi connectivity index (χ4v) is 2.36. The van der Waals surface area contributed by atoms with Crippen LogP contribution in [0.4, 0.5) is 5.82 Å². The fraction of sp³-hybridized carbons (Fsp3) is 0.333. The Bertz CT molecular complexity index is 945. The van der Waals surface area contributed by atoms with Gasteiger partial charge in [0.2, 0.25) is 0 Å². The van der Waals surface area contributed by atoms with Crippen LogP contribution in [0.3, 0.4) is 0 Å². The van der Waals surface area contributed by atoms with E-state index in [0.717, 1.165) is 5.69 Å². The zero-order valence-electron chi connectivity index (χ0n) is 13.9. The lowest BCUT2D eigenvalue weighted by molar-refractivity contribution is -0.146. The molecule has 0 aromatic carbocycles. The van der Waals surface area contributed by atoms with Crippen LogP contribution in [0.2, 0.25) is 0 Å². The monoisotopic (exact) mass is 344 g/mol. The van der Waals surface area contributed by atoms with E-state index >= 15 is 0 Å². The number of fused-ring (bicyclic) bond motifs is 1. The zero-order chi connectivity index (χ0) is 18.0. The van der Waals surface area contributed by atoms with Crippen molar-refractivity contribution in [2.45, 2.75) is 27.2 Å². The van der Waals surface area contributed by atoms with E-state index in [9.17, 15) is 9.59 Å². The molecule has 130 valence electrons. The van der Waals surface area contributed by atoms with Gasteiger partial charge in [0.1, 0.15) is 12.1 Å². The van der Waals surface area contributed by atoms with Gasteiger partial charge in [-0.2, -0.15) is 10.1 Å². The Balaban J connectivity index is 1.60. The normalized spacial score (nSPS) is 10.8.